The molecule has 1 fully saturated rings. The molecule has 0 radical (unpaired) electrons. The lowest BCUT2D eigenvalue weighted by Gasteiger charge is -2.13. The number of nitrogens with zero attached hydrogens (tertiary/aromatic N) is 1. The SMILES string of the molecule is CN=C(NCCCOCC1CCCO1)NCc1cccc(C(=O)OCc2ccccc2)c1. The van der Waals surface area contributed by atoms with Crippen LogP contribution in [0.5, 0.6) is 0 Å². The van der Waals surface area contributed by atoms with Gasteiger partial charge in [-0.15, -0.1) is 0 Å². The summed E-state index contributed by atoms with van der Waals surface area (Å²) in [4.78, 5) is 16.6. The second-order valence-corrected chi connectivity index (χ2v) is 7.68. The summed E-state index contributed by atoms with van der Waals surface area (Å²) in [5.41, 5.74) is 2.47. The maximum absolute atomic E-state index is 12.4. The fourth-order valence-electron chi connectivity index (χ4n) is 3.39. The molecule has 1 atom stereocenters. The normalized spacial score (nSPS) is 16.0. The maximum atomic E-state index is 12.4. The van der Waals surface area contributed by atoms with Crippen LogP contribution in [0.3, 0.4) is 0 Å². The van der Waals surface area contributed by atoms with Gasteiger partial charge in [-0.05, 0) is 42.5 Å². The first-order chi connectivity index (χ1) is 15.7. The Hall–Kier alpha value is -2.90. The van der Waals surface area contributed by atoms with Crippen molar-refractivity contribution in [3.8, 4) is 0 Å². The summed E-state index contributed by atoms with van der Waals surface area (Å²) >= 11 is 0. The molecule has 0 aliphatic carbocycles. The van der Waals surface area contributed by atoms with Crippen LogP contribution in [-0.2, 0) is 27.4 Å². The van der Waals surface area contributed by atoms with Gasteiger partial charge in [0, 0.05) is 33.4 Å². The lowest BCUT2D eigenvalue weighted by molar-refractivity contribution is 0.0168. The third-order valence-corrected chi connectivity index (χ3v) is 5.14. The van der Waals surface area contributed by atoms with E-state index in [0.29, 0.717) is 31.3 Å². The smallest absolute Gasteiger partial charge is 0.338 e. The summed E-state index contributed by atoms with van der Waals surface area (Å²) in [6.45, 7) is 3.80. The zero-order chi connectivity index (χ0) is 22.4. The maximum Gasteiger partial charge on any atom is 0.338 e. The summed E-state index contributed by atoms with van der Waals surface area (Å²) in [6.07, 6.45) is 3.38. The Labute approximate surface area is 190 Å². The summed E-state index contributed by atoms with van der Waals surface area (Å²) in [6, 6.07) is 17.1. The molecule has 2 aromatic rings. The van der Waals surface area contributed by atoms with Crippen molar-refractivity contribution in [2.24, 2.45) is 4.99 Å². The highest BCUT2D eigenvalue weighted by atomic mass is 16.5. The molecule has 0 amide bonds. The largest absolute Gasteiger partial charge is 0.457 e. The van der Waals surface area contributed by atoms with Crippen molar-refractivity contribution < 1.29 is 19.0 Å². The molecule has 1 unspecified atom stereocenters. The van der Waals surface area contributed by atoms with E-state index in [1.54, 1.807) is 13.1 Å². The second kappa shape index (κ2) is 13.5. The Morgan fingerprint density at radius 1 is 1.12 bits per heavy atom. The quantitative estimate of drug-likeness (QED) is 0.242. The molecule has 0 saturated carbocycles. The molecule has 0 bridgehead atoms. The van der Waals surface area contributed by atoms with Gasteiger partial charge in [-0.1, -0.05) is 42.5 Å². The first-order valence-electron chi connectivity index (χ1n) is 11.2. The van der Waals surface area contributed by atoms with Crippen LogP contribution in [0.4, 0.5) is 0 Å². The van der Waals surface area contributed by atoms with E-state index in [1.807, 2.05) is 48.5 Å². The van der Waals surface area contributed by atoms with E-state index in [0.717, 1.165) is 43.5 Å². The van der Waals surface area contributed by atoms with E-state index >= 15 is 0 Å². The molecular formula is C25H33N3O4. The van der Waals surface area contributed by atoms with E-state index < -0.39 is 0 Å². The minimum atomic E-state index is -0.332. The Kier molecular flexibility index (Phi) is 10.0. The van der Waals surface area contributed by atoms with Crippen LogP contribution in [0, 0.1) is 0 Å². The minimum absolute atomic E-state index is 0.260. The topological polar surface area (TPSA) is 81.2 Å². The molecule has 1 heterocycles. The van der Waals surface area contributed by atoms with Crippen LogP contribution >= 0.6 is 0 Å². The van der Waals surface area contributed by atoms with Crippen molar-refractivity contribution >= 4 is 11.9 Å². The molecule has 1 aliphatic rings. The van der Waals surface area contributed by atoms with Gasteiger partial charge in [-0.3, -0.25) is 4.99 Å². The molecule has 1 aliphatic heterocycles. The van der Waals surface area contributed by atoms with E-state index in [4.69, 9.17) is 14.2 Å². The van der Waals surface area contributed by atoms with Gasteiger partial charge in [-0.2, -0.15) is 0 Å². The zero-order valence-electron chi connectivity index (χ0n) is 18.7. The van der Waals surface area contributed by atoms with E-state index in [2.05, 4.69) is 15.6 Å². The summed E-state index contributed by atoms with van der Waals surface area (Å²) in [5, 5.41) is 6.55. The van der Waals surface area contributed by atoms with E-state index in [-0.39, 0.29) is 18.7 Å². The van der Waals surface area contributed by atoms with Gasteiger partial charge >= 0.3 is 5.97 Å². The first-order valence-corrected chi connectivity index (χ1v) is 11.2. The van der Waals surface area contributed by atoms with E-state index in [9.17, 15) is 4.79 Å². The molecule has 0 spiro atoms. The molecular weight excluding hydrogens is 406 g/mol. The van der Waals surface area contributed by atoms with Gasteiger partial charge < -0.3 is 24.8 Å². The number of guanidine groups is 1. The Balaban J connectivity index is 1.35. The molecule has 2 N–H and O–H groups in total. The summed E-state index contributed by atoms with van der Waals surface area (Å²) in [7, 11) is 1.74. The minimum Gasteiger partial charge on any atom is -0.457 e. The van der Waals surface area contributed by atoms with Crippen LogP contribution in [0.25, 0.3) is 0 Å². The number of rotatable bonds is 11. The lowest BCUT2D eigenvalue weighted by atomic mass is 10.1. The molecule has 0 aromatic heterocycles. The van der Waals surface area contributed by atoms with Crippen LogP contribution in [0.1, 0.15) is 40.7 Å². The predicted molar refractivity (Wildman–Crippen MR) is 125 cm³/mol. The highest BCUT2D eigenvalue weighted by Gasteiger charge is 2.15. The van der Waals surface area contributed by atoms with Crippen LogP contribution in [-0.4, -0.2) is 51.4 Å². The fraction of sp³-hybridized carbons (Fsp3) is 0.440. The Morgan fingerprint density at radius 2 is 1.97 bits per heavy atom. The molecule has 3 rings (SSSR count). The predicted octanol–water partition coefficient (Wildman–Crippen LogP) is 3.29. The van der Waals surface area contributed by atoms with Gasteiger partial charge in [0.05, 0.1) is 18.3 Å². The van der Waals surface area contributed by atoms with Crippen molar-refractivity contribution in [1.29, 1.82) is 0 Å². The number of carbonyl (C=O) groups is 1. The molecule has 172 valence electrons. The van der Waals surface area contributed by atoms with Crippen molar-refractivity contribution in [2.75, 3.05) is 33.4 Å². The lowest BCUT2D eigenvalue weighted by Crippen LogP contribution is -2.37. The number of aliphatic imine (C=N–C) groups is 1. The van der Waals surface area contributed by atoms with Gasteiger partial charge in [0.25, 0.3) is 0 Å². The zero-order valence-corrected chi connectivity index (χ0v) is 18.7. The Bertz CT molecular complexity index is 851. The number of hydrogen-bond acceptors (Lipinski definition) is 5. The van der Waals surface area contributed by atoms with Crippen LogP contribution in [0.2, 0.25) is 0 Å². The highest BCUT2D eigenvalue weighted by molar-refractivity contribution is 5.89. The summed E-state index contributed by atoms with van der Waals surface area (Å²) < 4.78 is 16.6. The molecule has 32 heavy (non-hydrogen) atoms. The van der Waals surface area contributed by atoms with Crippen molar-refractivity contribution in [1.82, 2.24) is 10.6 Å². The monoisotopic (exact) mass is 439 g/mol. The molecule has 7 heteroatoms. The number of esters is 1. The van der Waals surface area contributed by atoms with Crippen molar-refractivity contribution in [2.45, 2.75) is 38.5 Å². The van der Waals surface area contributed by atoms with Gasteiger partial charge in [0.15, 0.2) is 5.96 Å². The number of ether oxygens (including phenoxy) is 3. The summed E-state index contributed by atoms with van der Waals surface area (Å²) in [5.74, 6) is 0.377. The Morgan fingerprint density at radius 3 is 2.75 bits per heavy atom. The van der Waals surface area contributed by atoms with Crippen LogP contribution < -0.4 is 10.6 Å². The van der Waals surface area contributed by atoms with Gasteiger partial charge in [0.2, 0.25) is 0 Å². The van der Waals surface area contributed by atoms with Crippen molar-refractivity contribution in [3.05, 3.63) is 71.3 Å². The third-order valence-electron chi connectivity index (χ3n) is 5.14. The number of carbonyl (C=O) groups excluding carboxylic acids is 1. The molecule has 7 nitrogen and oxygen atoms in total. The average Bonchev–Trinajstić information content (AvgIpc) is 3.36. The van der Waals surface area contributed by atoms with Crippen LogP contribution in [0.15, 0.2) is 59.6 Å². The molecule has 1 saturated heterocycles. The van der Waals surface area contributed by atoms with Gasteiger partial charge in [0.1, 0.15) is 6.61 Å². The standard InChI is InChI=1S/C25H33N3O4/c1-26-25(27-13-7-14-30-19-23-12-6-15-31-23)28-17-21-10-5-11-22(16-21)24(29)32-18-20-8-3-2-4-9-20/h2-5,8-11,16,23H,6-7,12-15,17-19H2,1H3,(H2,26,27,28). The first kappa shape index (κ1) is 23.8. The third kappa shape index (κ3) is 8.32. The molecule has 2 aromatic carbocycles. The number of benzene rings is 2. The van der Waals surface area contributed by atoms with Crippen molar-refractivity contribution in [3.63, 3.8) is 0 Å². The number of nitrogens with one attached hydrogen (secondary N) is 2. The second-order valence-electron chi connectivity index (χ2n) is 7.68. The highest BCUT2D eigenvalue weighted by Crippen LogP contribution is 2.12. The number of hydrogen-bond donors (Lipinski definition) is 2. The van der Waals surface area contributed by atoms with E-state index in [1.165, 1.54) is 0 Å². The fourth-order valence-corrected chi connectivity index (χ4v) is 3.39. The van der Waals surface area contributed by atoms with Gasteiger partial charge in [-0.25, -0.2) is 4.79 Å². The average molecular weight is 440 g/mol.